The van der Waals surface area contributed by atoms with Gasteiger partial charge in [-0.1, -0.05) is 23.5 Å². The summed E-state index contributed by atoms with van der Waals surface area (Å²) in [6, 6.07) is 11.4. The summed E-state index contributed by atoms with van der Waals surface area (Å²) in [5, 5.41) is 0. The summed E-state index contributed by atoms with van der Waals surface area (Å²) >= 11 is 1.48. The van der Waals surface area contributed by atoms with Crippen LogP contribution in [0.1, 0.15) is 15.9 Å². The van der Waals surface area contributed by atoms with Crippen molar-refractivity contribution in [2.75, 3.05) is 27.9 Å². The van der Waals surface area contributed by atoms with Gasteiger partial charge in [0.25, 0.3) is 5.91 Å². The number of hydrogen-bond donors (Lipinski definition) is 0. The third-order valence-electron chi connectivity index (χ3n) is 4.19. The third-order valence-corrected chi connectivity index (χ3v) is 5.23. The average Bonchev–Trinajstić information content (AvgIpc) is 3.01. The molecule has 0 bridgehead atoms. The molecule has 0 unspecified atom stereocenters. The highest BCUT2D eigenvalue weighted by Gasteiger charge is 2.17. The highest BCUT2D eigenvalue weighted by atomic mass is 32.1. The molecule has 1 heterocycles. The van der Waals surface area contributed by atoms with E-state index in [-0.39, 0.29) is 5.91 Å². The molecule has 1 amide bonds. The van der Waals surface area contributed by atoms with Crippen LogP contribution in [0.5, 0.6) is 11.5 Å². The van der Waals surface area contributed by atoms with Gasteiger partial charge in [-0.05, 0) is 36.8 Å². The topological polar surface area (TPSA) is 62.1 Å². The van der Waals surface area contributed by atoms with E-state index in [0.717, 1.165) is 15.8 Å². The van der Waals surface area contributed by atoms with Gasteiger partial charge in [-0.15, -0.1) is 0 Å². The van der Waals surface area contributed by atoms with Crippen molar-refractivity contribution in [1.29, 1.82) is 0 Å². The zero-order chi connectivity index (χ0) is 19.4. The molecule has 0 radical (unpaired) electrons. The highest BCUT2D eigenvalue weighted by Crippen LogP contribution is 2.31. The number of thiazole rings is 1. The molecule has 0 atom stereocenters. The quantitative estimate of drug-likeness (QED) is 0.651. The number of para-hydroxylation sites is 1. The number of ether oxygens (including phenoxy) is 3. The molecule has 3 rings (SSSR count). The van der Waals surface area contributed by atoms with Crippen molar-refractivity contribution in [3.8, 4) is 11.5 Å². The number of amides is 1. The Kier molecular flexibility index (Phi) is 5.93. The number of nitrogens with zero attached hydrogens (tertiary/aromatic N) is 2. The van der Waals surface area contributed by atoms with Gasteiger partial charge < -0.3 is 18.8 Å². The Balaban J connectivity index is 2.14. The minimum absolute atomic E-state index is 0.365. The van der Waals surface area contributed by atoms with Crippen molar-refractivity contribution in [2.24, 2.45) is 4.99 Å². The van der Waals surface area contributed by atoms with Gasteiger partial charge in [-0.25, -0.2) is 0 Å². The molecule has 7 heteroatoms. The highest BCUT2D eigenvalue weighted by molar-refractivity contribution is 7.16. The second-order valence-electron chi connectivity index (χ2n) is 5.96. The van der Waals surface area contributed by atoms with Crippen LogP contribution >= 0.6 is 11.3 Å². The summed E-state index contributed by atoms with van der Waals surface area (Å²) in [6.45, 7) is 3.19. The molecule has 0 fully saturated rings. The first-order chi connectivity index (χ1) is 13.1. The molecule has 0 N–H and O–H groups in total. The third kappa shape index (κ3) is 3.89. The number of benzene rings is 2. The Morgan fingerprint density at radius 3 is 2.67 bits per heavy atom. The number of hydrogen-bond acceptors (Lipinski definition) is 5. The molecule has 0 aliphatic heterocycles. The molecule has 0 saturated heterocycles. The first kappa shape index (κ1) is 19.1. The fourth-order valence-corrected chi connectivity index (χ4v) is 4.02. The van der Waals surface area contributed by atoms with Crippen LogP contribution in [0.2, 0.25) is 0 Å². The summed E-state index contributed by atoms with van der Waals surface area (Å²) in [4.78, 5) is 17.9. The summed E-state index contributed by atoms with van der Waals surface area (Å²) in [6.07, 6.45) is 0. The average molecular weight is 386 g/mol. The van der Waals surface area contributed by atoms with E-state index in [2.05, 4.69) is 17.1 Å². The number of carbonyl (C=O) groups is 1. The second kappa shape index (κ2) is 8.37. The number of carbonyl (C=O) groups excluding carboxylic acids is 1. The predicted octanol–water partition coefficient (Wildman–Crippen LogP) is 3.42. The Morgan fingerprint density at radius 2 is 1.96 bits per heavy atom. The fraction of sp³-hybridized carbons (Fsp3) is 0.300. The van der Waals surface area contributed by atoms with Gasteiger partial charge in [0.15, 0.2) is 16.3 Å². The lowest BCUT2D eigenvalue weighted by Gasteiger charge is -2.10. The van der Waals surface area contributed by atoms with Gasteiger partial charge in [0.2, 0.25) is 0 Å². The van der Waals surface area contributed by atoms with Crippen LogP contribution in [0.3, 0.4) is 0 Å². The summed E-state index contributed by atoms with van der Waals surface area (Å²) in [7, 11) is 4.70. The number of fused-ring (bicyclic) bond motifs is 1. The molecular weight excluding hydrogens is 364 g/mol. The van der Waals surface area contributed by atoms with E-state index < -0.39 is 0 Å². The number of aryl methyl sites for hydroxylation is 1. The van der Waals surface area contributed by atoms with Crippen LogP contribution < -0.4 is 14.3 Å². The lowest BCUT2D eigenvalue weighted by atomic mass is 10.2. The van der Waals surface area contributed by atoms with Crippen LogP contribution in [0.15, 0.2) is 41.4 Å². The van der Waals surface area contributed by atoms with E-state index in [0.29, 0.717) is 35.0 Å². The van der Waals surface area contributed by atoms with Crippen molar-refractivity contribution in [3.63, 3.8) is 0 Å². The molecule has 0 spiro atoms. The predicted molar refractivity (Wildman–Crippen MR) is 106 cm³/mol. The van der Waals surface area contributed by atoms with Crippen LogP contribution in [0.25, 0.3) is 10.2 Å². The van der Waals surface area contributed by atoms with Crippen molar-refractivity contribution >= 4 is 27.5 Å². The second-order valence-corrected chi connectivity index (χ2v) is 6.97. The van der Waals surface area contributed by atoms with Gasteiger partial charge in [0.1, 0.15) is 0 Å². The molecule has 0 aliphatic rings. The maximum atomic E-state index is 12.9. The maximum absolute atomic E-state index is 12.9. The molecule has 0 saturated carbocycles. The largest absolute Gasteiger partial charge is 0.493 e. The molecule has 1 aromatic heterocycles. The summed E-state index contributed by atoms with van der Waals surface area (Å²) in [5.74, 6) is 0.507. The lowest BCUT2D eigenvalue weighted by molar-refractivity contribution is 0.0993. The van der Waals surface area contributed by atoms with Crippen molar-refractivity contribution in [3.05, 3.63) is 52.3 Å². The van der Waals surface area contributed by atoms with E-state index in [9.17, 15) is 4.79 Å². The summed E-state index contributed by atoms with van der Waals surface area (Å²) < 4.78 is 19.0. The van der Waals surface area contributed by atoms with Gasteiger partial charge in [0, 0.05) is 13.7 Å². The van der Waals surface area contributed by atoms with Crippen molar-refractivity contribution in [2.45, 2.75) is 13.5 Å². The molecule has 6 nitrogen and oxygen atoms in total. The Bertz CT molecular complexity index is 1040. The summed E-state index contributed by atoms with van der Waals surface area (Å²) in [5.41, 5.74) is 2.56. The van der Waals surface area contributed by atoms with E-state index in [4.69, 9.17) is 14.2 Å². The fourth-order valence-electron chi connectivity index (χ4n) is 2.87. The number of aromatic nitrogens is 1. The smallest absolute Gasteiger partial charge is 0.283 e. The molecule has 0 aliphatic carbocycles. The Morgan fingerprint density at radius 1 is 1.15 bits per heavy atom. The van der Waals surface area contributed by atoms with E-state index in [1.54, 1.807) is 25.3 Å². The van der Waals surface area contributed by atoms with Crippen molar-refractivity contribution in [1.82, 2.24) is 4.57 Å². The minimum atomic E-state index is -0.375. The lowest BCUT2D eigenvalue weighted by Crippen LogP contribution is -2.19. The normalized spacial score (nSPS) is 11.8. The van der Waals surface area contributed by atoms with E-state index >= 15 is 0 Å². The van der Waals surface area contributed by atoms with Gasteiger partial charge in [-0.2, -0.15) is 4.99 Å². The zero-order valence-corrected chi connectivity index (χ0v) is 16.6. The Hall–Kier alpha value is -2.64. The van der Waals surface area contributed by atoms with Gasteiger partial charge in [-0.3, -0.25) is 4.79 Å². The van der Waals surface area contributed by atoms with Crippen LogP contribution in [0.4, 0.5) is 0 Å². The minimum Gasteiger partial charge on any atom is -0.493 e. The van der Waals surface area contributed by atoms with Crippen LogP contribution in [-0.2, 0) is 11.3 Å². The SMILES string of the molecule is COCCn1c(=NC(=O)c2cccc(OC)c2OC)sc2cc(C)ccc21. The molecule has 2 aromatic carbocycles. The standard InChI is InChI=1S/C20H22N2O4S/c1-13-8-9-15-17(12-13)27-20(22(15)10-11-24-2)21-19(23)14-6-5-7-16(25-3)18(14)26-4/h5-9,12H,10-11H2,1-4H3. The zero-order valence-electron chi connectivity index (χ0n) is 15.8. The van der Waals surface area contributed by atoms with Gasteiger partial charge in [0.05, 0.1) is 36.6 Å². The monoisotopic (exact) mass is 386 g/mol. The maximum Gasteiger partial charge on any atom is 0.283 e. The number of rotatable bonds is 6. The molecule has 142 valence electrons. The Labute approximate surface area is 161 Å². The molecular formula is C20H22N2O4S. The van der Waals surface area contributed by atoms with E-state index in [1.165, 1.54) is 25.6 Å². The van der Waals surface area contributed by atoms with Crippen LogP contribution in [-0.4, -0.2) is 38.4 Å². The molecule has 3 aromatic rings. The van der Waals surface area contributed by atoms with Gasteiger partial charge >= 0.3 is 0 Å². The first-order valence-corrected chi connectivity index (χ1v) is 9.29. The van der Waals surface area contributed by atoms with Crippen LogP contribution in [0, 0.1) is 6.92 Å². The molecule has 27 heavy (non-hydrogen) atoms. The number of methoxy groups -OCH3 is 3. The van der Waals surface area contributed by atoms with Crippen molar-refractivity contribution < 1.29 is 19.0 Å². The first-order valence-electron chi connectivity index (χ1n) is 8.48. The van der Waals surface area contributed by atoms with E-state index in [1.807, 2.05) is 17.6 Å².